The highest BCUT2D eigenvalue weighted by Crippen LogP contribution is 2.45. The van der Waals surface area contributed by atoms with E-state index in [0.29, 0.717) is 58.8 Å². The summed E-state index contributed by atoms with van der Waals surface area (Å²) in [4.78, 5) is 66.2. The number of benzene rings is 4. The summed E-state index contributed by atoms with van der Waals surface area (Å²) in [5, 5.41) is 8.64. The van der Waals surface area contributed by atoms with Crippen LogP contribution in [0.5, 0.6) is 0 Å². The Morgan fingerprint density at radius 2 is 0.835 bits per heavy atom. The number of amides is 3. The van der Waals surface area contributed by atoms with Crippen molar-refractivity contribution < 1.29 is 52.4 Å². The molecule has 0 radical (unpaired) electrons. The van der Waals surface area contributed by atoms with Crippen molar-refractivity contribution >= 4 is 41.8 Å². The maximum absolute atomic E-state index is 13.9. The Kier molecular flexibility index (Phi) is 33.1. The van der Waals surface area contributed by atoms with Gasteiger partial charge in [-0.15, -0.1) is 0 Å². The zero-order valence-electron chi connectivity index (χ0n) is 51.2. The van der Waals surface area contributed by atoms with E-state index in [1.807, 2.05) is 48.5 Å². The smallest absolute Gasteiger partial charge is 0.407 e. The number of alkyl carbamates (subject to hydrolysis) is 2. The van der Waals surface area contributed by atoms with Crippen LogP contribution in [-0.4, -0.2) is 113 Å². The predicted octanol–water partition coefficient (Wildman–Crippen LogP) is 15.2. The second-order valence-corrected chi connectivity index (χ2v) is 23.8. The van der Waals surface area contributed by atoms with Crippen molar-refractivity contribution in [3.8, 4) is 22.3 Å². The van der Waals surface area contributed by atoms with Gasteiger partial charge in [0.05, 0.1) is 0 Å². The number of carbonyl (C=O) groups excluding carboxylic acids is 5. The Morgan fingerprint density at radius 3 is 1.31 bits per heavy atom. The Bertz CT molecular complexity index is 2490. The van der Waals surface area contributed by atoms with Crippen LogP contribution in [0.15, 0.2) is 97.1 Å². The molecule has 0 fully saturated rings. The molecule has 2 aliphatic carbocycles. The molecule has 4 aromatic rings. The lowest BCUT2D eigenvalue weighted by atomic mass is 9.98. The van der Waals surface area contributed by atoms with E-state index in [0.717, 1.165) is 80.0 Å². The quantitative estimate of drug-likeness (QED) is 0.0217. The highest BCUT2D eigenvalue weighted by molar-refractivity contribution is 7.99. The number of ether oxygens (including phenoxy) is 6. The van der Waals surface area contributed by atoms with Gasteiger partial charge in [0.15, 0.2) is 0 Å². The summed E-state index contributed by atoms with van der Waals surface area (Å²) in [6.45, 7) is 7.59. The lowest BCUT2D eigenvalue weighted by molar-refractivity contribution is -0.157. The Morgan fingerprint density at radius 1 is 0.435 bits per heavy atom. The molecule has 15 heteroatoms. The number of rotatable bonds is 46. The maximum atomic E-state index is 13.9. The molecule has 0 aromatic heterocycles. The van der Waals surface area contributed by atoms with E-state index in [2.05, 4.69) is 78.3 Å². The lowest BCUT2D eigenvalue weighted by Crippen LogP contribution is -2.49. The summed E-state index contributed by atoms with van der Waals surface area (Å²) < 4.78 is 34.9. The van der Waals surface area contributed by atoms with Gasteiger partial charge in [0, 0.05) is 75.7 Å². The fourth-order valence-electron chi connectivity index (χ4n) is 11.2. The lowest BCUT2D eigenvalue weighted by Gasteiger charge is -2.21. The third kappa shape index (κ3) is 25.2. The SMILES string of the molecule is CCCCCCCCCCCC(=O)OCC(CSCC(NC(=O)OCC1c2ccccc2-c2ccccc21)C(=O)NCCCOCCCCOCCCNC(=O)OCC1c2ccccc2-c2ccccc21)OC(=O)CCCCCCCCCCC. The molecule has 0 heterocycles. The van der Waals surface area contributed by atoms with Crippen LogP contribution in [0.25, 0.3) is 22.3 Å². The third-order valence-corrected chi connectivity index (χ3v) is 17.1. The van der Waals surface area contributed by atoms with E-state index in [1.165, 1.54) is 105 Å². The molecule has 6 rings (SSSR count). The predicted molar refractivity (Wildman–Crippen MR) is 340 cm³/mol. The standard InChI is InChI=1S/C70H99N3O11S/c1-3-5-7-9-11-13-15-17-19-41-66(74)81-49-54(84-67(75)42-20-18-16-14-12-10-8-6-4-2)52-85-53-65(73-70(78)83-51-64-61-39-27-23-35-57(61)58-36-24-28-40-62(58)64)68(76)71-43-31-47-79-45-29-30-46-80-48-32-44-72-69(77)82-50-63-59-37-25-21-33-55(59)56-34-22-26-38-60(56)63/h21-28,33-40,54,63-65H,3-20,29-32,41-53H2,1-2H3,(H,71,76)(H,72,77)(H,73,78). The Labute approximate surface area is 512 Å². The molecule has 466 valence electrons. The molecule has 14 nitrogen and oxygen atoms in total. The molecule has 3 amide bonds. The highest BCUT2D eigenvalue weighted by Gasteiger charge is 2.31. The van der Waals surface area contributed by atoms with Gasteiger partial charge in [-0.1, -0.05) is 214 Å². The van der Waals surface area contributed by atoms with Gasteiger partial charge >= 0.3 is 24.1 Å². The van der Waals surface area contributed by atoms with Crippen molar-refractivity contribution in [3.05, 3.63) is 119 Å². The van der Waals surface area contributed by atoms with E-state index >= 15 is 0 Å². The first-order chi connectivity index (χ1) is 41.8. The van der Waals surface area contributed by atoms with Crippen LogP contribution in [0.4, 0.5) is 9.59 Å². The second kappa shape index (κ2) is 41.2. The summed E-state index contributed by atoms with van der Waals surface area (Å²) in [5.74, 6) is -0.749. The number of carbonyl (C=O) groups is 5. The molecule has 3 N–H and O–H groups in total. The minimum atomic E-state index is -0.974. The summed E-state index contributed by atoms with van der Waals surface area (Å²) in [7, 11) is 0. The average Bonchev–Trinajstić information content (AvgIpc) is 2.25. The van der Waals surface area contributed by atoms with Crippen molar-refractivity contribution in [3.63, 3.8) is 0 Å². The summed E-state index contributed by atoms with van der Waals surface area (Å²) in [6.07, 6.45) is 22.0. The average molecular weight is 1190 g/mol. The number of unbranched alkanes of at least 4 members (excludes halogenated alkanes) is 17. The van der Waals surface area contributed by atoms with Crippen LogP contribution in [0.2, 0.25) is 0 Å². The Balaban J connectivity index is 0.901. The van der Waals surface area contributed by atoms with Crippen molar-refractivity contribution in [1.29, 1.82) is 0 Å². The number of nitrogens with one attached hydrogen (secondary N) is 3. The van der Waals surface area contributed by atoms with Gasteiger partial charge in [-0.05, 0) is 83.0 Å². The van der Waals surface area contributed by atoms with Crippen molar-refractivity contribution in [2.45, 2.75) is 192 Å². The fourth-order valence-corrected chi connectivity index (χ4v) is 12.2. The monoisotopic (exact) mass is 1190 g/mol. The number of thioether (sulfide) groups is 1. The van der Waals surface area contributed by atoms with Gasteiger partial charge in [-0.3, -0.25) is 14.4 Å². The molecule has 0 spiro atoms. The van der Waals surface area contributed by atoms with Crippen LogP contribution in [0.3, 0.4) is 0 Å². The minimum absolute atomic E-state index is 0.0175. The van der Waals surface area contributed by atoms with E-state index in [1.54, 1.807) is 0 Å². The van der Waals surface area contributed by atoms with Gasteiger partial charge < -0.3 is 44.4 Å². The molecule has 0 saturated carbocycles. The number of fused-ring (bicyclic) bond motifs is 6. The van der Waals surface area contributed by atoms with Gasteiger partial charge in [0.2, 0.25) is 5.91 Å². The van der Waals surface area contributed by atoms with Gasteiger partial charge in [-0.2, -0.15) is 11.8 Å². The van der Waals surface area contributed by atoms with Crippen LogP contribution >= 0.6 is 11.8 Å². The summed E-state index contributed by atoms with van der Waals surface area (Å²) in [6, 6.07) is 31.8. The third-order valence-electron chi connectivity index (χ3n) is 15.9. The van der Waals surface area contributed by atoms with Crippen molar-refractivity contribution in [2.24, 2.45) is 0 Å². The maximum Gasteiger partial charge on any atom is 0.407 e. The van der Waals surface area contributed by atoms with Crippen molar-refractivity contribution in [1.82, 2.24) is 16.0 Å². The molecule has 4 aromatic carbocycles. The molecular weight excluding hydrogens is 1090 g/mol. The normalized spacial score (nSPS) is 13.0. The molecule has 2 atom stereocenters. The summed E-state index contributed by atoms with van der Waals surface area (Å²) in [5.41, 5.74) is 9.14. The van der Waals surface area contributed by atoms with E-state index in [-0.39, 0.29) is 67.4 Å². The van der Waals surface area contributed by atoms with Gasteiger partial charge in [0.25, 0.3) is 0 Å². The second-order valence-electron chi connectivity index (χ2n) is 22.7. The van der Waals surface area contributed by atoms with Gasteiger partial charge in [-0.25, -0.2) is 9.59 Å². The first-order valence-electron chi connectivity index (χ1n) is 32.3. The van der Waals surface area contributed by atoms with Crippen LogP contribution in [-0.2, 0) is 42.8 Å². The largest absolute Gasteiger partial charge is 0.462 e. The van der Waals surface area contributed by atoms with Crippen LogP contribution < -0.4 is 16.0 Å². The Hall–Kier alpha value is -5.90. The number of esters is 2. The first kappa shape index (κ1) is 68.2. The molecule has 2 unspecified atom stereocenters. The van der Waals surface area contributed by atoms with Crippen molar-refractivity contribution in [2.75, 3.05) is 70.8 Å². The zero-order valence-corrected chi connectivity index (χ0v) is 52.0. The molecule has 0 aliphatic heterocycles. The highest BCUT2D eigenvalue weighted by atomic mass is 32.2. The van der Waals surface area contributed by atoms with Crippen LogP contribution in [0.1, 0.15) is 202 Å². The molecular formula is C70H99N3O11S. The summed E-state index contributed by atoms with van der Waals surface area (Å²) >= 11 is 1.34. The molecule has 0 saturated heterocycles. The van der Waals surface area contributed by atoms with Crippen LogP contribution in [0, 0.1) is 0 Å². The topological polar surface area (TPSA) is 177 Å². The number of hydrogen-bond donors (Lipinski definition) is 3. The number of hydrogen-bond acceptors (Lipinski definition) is 12. The molecule has 0 bridgehead atoms. The fraction of sp³-hybridized carbons (Fsp3) is 0.586. The van der Waals surface area contributed by atoms with E-state index < -0.39 is 24.3 Å². The first-order valence-corrected chi connectivity index (χ1v) is 33.5. The zero-order chi connectivity index (χ0) is 59.9. The minimum Gasteiger partial charge on any atom is -0.462 e. The van der Waals surface area contributed by atoms with E-state index in [4.69, 9.17) is 28.4 Å². The molecule has 2 aliphatic rings. The van der Waals surface area contributed by atoms with Gasteiger partial charge in [0.1, 0.15) is 32.0 Å². The molecule has 85 heavy (non-hydrogen) atoms. The van der Waals surface area contributed by atoms with E-state index in [9.17, 15) is 24.0 Å².